The van der Waals surface area contributed by atoms with Crippen molar-refractivity contribution >= 4 is 10.0 Å². The number of ether oxygens (including phenoxy) is 4. The third-order valence-corrected chi connectivity index (χ3v) is 6.57. The van der Waals surface area contributed by atoms with E-state index < -0.39 is 10.0 Å². The van der Waals surface area contributed by atoms with Crippen LogP contribution in [0.15, 0.2) is 70.2 Å². The van der Waals surface area contributed by atoms with Crippen molar-refractivity contribution in [3.8, 4) is 23.0 Å². The standard InChI is InChI=1S/C22H23NO7S/c1-26-19-6-2-3-7-20(19)28-12-10-23(16-17-5-4-11-27-17)31(24,25)18-8-9-21-22(15-18)30-14-13-29-21/h2-9,11,15H,10,12-14,16H2,1H3. The topological polar surface area (TPSA) is 87.4 Å². The number of rotatable bonds is 9. The molecular weight excluding hydrogens is 422 g/mol. The Hall–Kier alpha value is -3.17. The molecule has 0 atom stereocenters. The van der Waals surface area contributed by atoms with Gasteiger partial charge in [0.25, 0.3) is 0 Å². The van der Waals surface area contributed by atoms with Crippen LogP contribution in [0.1, 0.15) is 5.76 Å². The van der Waals surface area contributed by atoms with E-state index in [-0.39, 0.29) is 24.6 Å². The molecule has 0 spiro atoms. The van der Waals surface area contributed by atoms with Gasteiger partial charge in [0, 0.05) is 12.6 Å². The molecule has 0 amide bonds. The highest BCUT2D eigenvalue weighted by molar-refractivity contribution is 7.89. The van der Waals surface area contributed by atoms with Crippen LogP contribution in [-0.2, 0) is 16.6 Å². The predicted molar refractivity (Wildman–Crippen MR) is 112 cm³/mol. The molecule has 0 bridgehead atoms. The minimum Gasteiger partial charge on any atom is -0.493 e. The fraction of sp³-hybridized carbons (Fsp3) is 0.273. The molecule has 1 aromatic heterocycles. The maximum atomic E-state index is 13.4. The van der Waals surface area contributed by atoms with Gasteiger partial charge in [0.05, 0.1) is 24.8 Å². The Balaban J connectivity index is 1.55. The summed E-state index contributed by atoms with van der Waals surface area (Å²) in [4.78, 5) is 0.112. The van der Waals surface area contributed by atoms with Crippen LogP contribution in [0.2, 0.25) is 0 Å². The summed E-state index contributed by atoms with van der Waals surface area (Å²) in [6.07, 6.45) is 1.51. The predicted octanol–water partition coefficient (Wildman–Crippen LogP) is 3.33. The van der Waals surface area contributed by atoms with Crippen molar-refractivity contribution in [2.75, 3.05) is 33.5 Å². The van der Waals surface area contributed by atoms with E-state index >= 15 is 0 Å². The fourth-order valence-electron chi connectivity index (χ4n) is 3.19. The lowest BCUT2D eigenvalue weighted by molar-refractivity contribution is 0.171. The first-order valence-electron chi connectivity index (χ1n) is 9.76. The summed E-state index contributed by atoms with van der Waals surface area (Å²) in [7, 11) is -2.30. The van der Waals surface area contributed by atoms with E-state index in [1.54, 1.807) is 37.4 Å². The van der Waals surface area contributed by atoms with Crippen molar-refractivity contribution in [3.05, 3.63) is 66.6 Å². The van der Waals surface area contributed by atoms with Crippen LogP contribution in [0.25, 0.3) is 0 Å². The second-order valence-corrected chi connectivity index (χ2v) is 8.66. The van der Waals surface area contributed by atoms with Gasteiger partial charge in [-0.2, -0.15) is 4.31 Å². The van der Waals surface area contributed by atoms with Gasteiger partial charge in [-0.25, -0.2) is 8.42 Å². The average molecular weight is 445 g/mol. The van der Waals surface area contributed by atoms with Crippen LogP contribution in [-0.4, -0.2) is 46.2 Å². The van der Waals surface area contributed by atoms with Crippen molar-refractivity contribution in [2.24, 2.45) is 0 Å². The summed E-state index contributed by atoms with van der Waals surface area (Å²) in [6, 6.07) is 15.3. The third kappa shape index (κ3) is 4.78. The molecule has 0 fully saturated rings. The first-order chi connectivity index (χ1) is 15.1. The van der Waals surface area contributed by atoms with E-state index in [1.165, 1.54) is 22.7 Å². The highest BCUT2D eigenvalue weighted by Crippen LogP contribution is 2.33. The van der Waals surface area contributed by atoms with Gasteiger partial charge in [0.2, 0.25) is 10.0 Å². The lowest BCUT2D eigenvalue weighted by Gasteiger charge is -2.23. The van der Waals surface area contributed by atoms with Crippen LogP contribution >= 0.6 is 0 Å². The Morgan fingerprint density at radius 1 is 0.968 bits per heavy atom. The van der Waals surface area contributed by atoms with Crippen molar-refractivity contribution in [1.82, 2.24) is 4.31 Å². The molecule has 31 heavy (non-hydrogen) atoms. The molecule has 8 nitrogen and oxygen atoms in total. The number of nitrogens with zero attached hydrogens (tertiary/aromatic N) is 1. The minimum atomic E-state index is -3.85. The second-order valence-electron chi connectivity index (χ2n) is 6.72. The number of hydrogen-bond donors (Lipinski definition) is 0. The van der Waals surface area contributed by atoms with Gasteiger partial charge in [-0.1, -0.05) is 12.1 Å². The zero-order chi connectivity index (χ0) is 21.7. The van der Waals surface area contributed by atoms with Crippen molar-refractivity contribution < 1.29 is 31.8 Å². The SMILES string of the molecule is COc1ccccc1OCCN(Cc1ccco1)S(=O)(=O)c1ccc2c(c1)OCCO2. The average Bonchev–Trinajstić information content (AvgIpc) is 3.31. The molecule has 0 saturated carbocycles. The molecule has 164 valence electrons. The second kappa shape index (κ2) is 9.32. The Labute approximate surface area is 180 Å². The molecule has 1 aliphatic heterocycles. The molecule has 0 radical (unpaired) electrons. The van der Waals surface area contributed by atoms with E-state index in [4.69, 9.17) is 23.4 Å². The van der Waals surface area contributed by atoms with Crippen molar-refractivity contribution in [2.45, 2.75) is 11.4 Å². The number of benzene rings is 2. The molecule has 2 heterocycles. The number of furan rings is 1. The fourth-order valence-corrected chi connectivity index (χ4v) is 4.60. The van der Waals surface area contributed by atoms with Gasteiger partial charge in [-0.15, -0.1) is 0 Å². The van der Waals surface area contributed by atoms with Crippen molar-refractivity contribution in [3.63, 3.8) is 0 Å². The van der Waals surface area contributed by atoms with Gasteiger partial charge >= 0.3 is 0 Å². The van der Waals surface area contributed by atoms with E-state index in [1.807, 2.05) is 12.1 Å². The molecule has 9 heteroatoms. The smallest absolute Gasteiger partial charge is 0.243 e. The van der Waals surface area contributed by atoms with Gasteiger partial charge in [-0.05, 0) is 36.4 Å². The molecule has 4 rings (SSSR count). The zero-order valence-corrected chi connectivity index (χ0v) is 17.8. The van der Waals surface area contributed by atoms with Crippen LogP contribution in [0, 0.1) is 0 Å². The summed E-state index contributed by atoms with van der Waals surface area (Å²) < 4.78 is 55.6. The van der Waals surface area contributed by atoms with E-state index in [0.29, 0.717) is 42.0 Å². The summed E-state index contributed by atoms with van der Waals surface area (Å²) >= 11 is 0. The summed E-state index contributed by atoms with van der Waals surface area (Å²) in [5, 5.41) is 0. The molecule has 0 N–H and O–H groups in total. The summed E-state index contributed by atoms with van der Waals surface area (Å²) in [6.45, 7) is 1.11. The third-order valence-electron chi connectivity index (χ3n) is 4.73. The molecule has 0 saturated heterocycles. The maximum absolute atomic E-state index is 13.4. The van der Waals surface area contributed by atoms with Crippen LogP contribution in [0.4, 0.5) is 0 Å². The largest absolute Gasteiger partial charge is 0.493 e. The van der Waals surface area contributed by atoms with Crippen molar-refractivity contribution in [1.29, 1.82) is 0 Å². The van der Waals surface area contributed by atoms with Crippen LogP contribution < -0.4 is 18.9 Å². The first-order valence-corrected chi connectivity index (χ1v) is 11.2. The van der Waals surface area contributed by atoms with Crippen LogP contribution in [0.3, 0.4) is 0 Å². The highest BCUT2D eigenvalue weighted by atomic mass is 32.2. The lowest BCUT2D eigenvalue weighted by atomic mass is 10.3. The normalized spacial score (nSPS) is 13.2. The quantitative estimate of drug-likeness (QED) is 0.499. The molecule has 0 unspecified atom stereocenters. The maximum Gasteiger partial charge on any atom is 0.243 e. The summed E-state index contributed by atoms with van der Waals surface area (Å²) in [5.74, 6) is 2.59. The van der Waals surface area contributed by atoms with Gasteiger partial charge in [-0.3, -0.25) is 0 Å². The van der Waals surface area contributed by atoms with Gasteiger partial charge in [0.15, 0.2) is 23.0 Å². The molecular formula is C22H23NO7S. The monoisotopic (exact) mass is 445 g/mol. The van der Waals surface area contributed by atoms with E-state index in [0.717, 1.165) is 0 Å². The Bertz CT molecular complexity index is 1110. The molecule has 2 aromatic carbocycles. The van der Waals surface area contributed by atoms with Crippen LogP contribution in [0.5, 0.6) is 23.0 Å². The Morgan fingerprint density at radius 2 is 1.74 bits per heavy atom. The Kier molecular flexibility index (Phi) is 6.34. The first kappa shape index (κ1) is 21.1. The Morgan fingerprint density at radius 3 is 2.48 bits per heavy atom. The lowest BCUT2D eigenvalue weighted by Crippen LogP contribution is -2.34. The zero-order valence-electron chi connectivity index (χ0n) is 17.0. The number of methoxy groups -OCH3 is 1. The number of sulfonamides is 1. The van der Waals surface area contributed by atoms with E-state index in [9.17, 15) is 8.42 Å². The number of para-hydroxylation sites is 2. The van der Waals surface area contributed by atoms with E-state index in [2.05, 4.69) is 0 Å². The highest BCUT2D eigenvalue weighted by Gasteiger charge is 2.27. The minimum absolute atomic E-state index is 0.0685. The molecule has 0 aliphatic carbocycles. The number of fused-ring (bicyclic) bond motifs is 1. The molecule has 3 aromatic rings. The van der Waals surface area contributed by atoms with Gasteiger partial charge in [0.1, 0.15) is 25.6 Å². The summed E-state index contributed by atoms with van der Waals surface area (Å²) in [5.41, 5.74) is 0. The van der Waals surface area contributed by atoms with Gasteiger partial charge < -0.3 is 23.4 Å². The number of hydrogen-bond acceptors (Lipinski definition) is 7. The molecule has 1 aliphatic rings.